The molecular weight excluding hydrogens is 195 g/mol. The second-order valence-electron chi connectivity index (χ2n) is 3.67. The normalized spacial score (nSPS) is 20.3. The van der Waals surface area contributed by atoms with Crippen LogP contribution in [0.3, 0.4) is 0 Å². The first kappa shape index (κ1) is 9.94. The monoisotopic (exact) mass is 206 g/mol. The fraction of sp³-hybridized carbons (Fsp3) is 0.364. The number of hydrogen-bond acceptors (Lipinski definition) is 3. The van der Waals surface area contributed by atoms with E-state index >= 15 is 0 Å². The van der Waals surface area contributed by atoms with Gasteiger partial charge in [0.2, 0.25) is 0 Å². The SMILES string of the molecule is N#Cc1ccc(N2CCC(O)C2)c(F)c1. The summed E-state index contributed by atoms with van der Waals surface area (Å²) in [7, 11) is 0. The van der Waals surface area contributed by atoms with Gasteiger partial charge in [0, 0.05) is 13.1 Å². The molecule has 15 heavy (non-hydrogen) atoms. The van der Waals surface area contributed by atoms with Crippen LogP contribution in [0.5, 0.6) is 0 Å². The number of halogens is 1. The predicted molar refractivity (Wildman–Crippen MR) is 54.0 cm³/mol. The van der Waals surface area contributed by atoms with Crippen molar-refractivity contribution >= 4 is 5.69 Å². The Balaban J connectivity index is 2.26. The summed E-state index contributed by atoms with van der Waals surface area (Å²) in [6.07, 6.45) is 0.291. The molecule has 1 aliphatic heterocycles. The number of aliphatic hydroxyl groups is 1. The molecule has 1 aliphatic rings. The standard InChI is InChI=1S/C11H11FN2O/c12-10-5-8(6-13)1-2-11(10)14-4-3-9(15)7-14/h1-2,5,9,15H,3-4,7H2. The topological polar surface area (TPSA) is 47.3 Å². The Hall–Kier alpha value is -1.60. The predicted octanol–water partition coefficient (Wildman–Crippen LogP) is 1.27. The molecule has 0 amide bonds. The molecular formula is C11H11FN2O. The fourth-order valence-corrected chi connectivity index (χ4v) is 1.79. The van der Waals surface area contributed by atoms with Gasteiger partial charge in [-0.2, -0.15) is 5.26 Å². The lowest BCUT2D eigenvalue weighted by Crippen LogP contribution is -2.22. The van der Waals surface area contributed by atoms with Crippen LogP contribution in [0, 0.1) is 17.1 Å². The van der Waals surface area contributed by atoms with Gasteiger partial charge in [-0.1, -0.05) is 0 Å². The Kier molecular flexibility index (Phi) is 2.57. The van der Waals surface area contributed by atoms with Crippen molar-refractivity contribution in [2.75, 3.05) is 18.0 Å². The minimum atomic E-state index is -0.400. The Morgan fingerprint density at radius 1 is 1.53 bits per heavy atom. The van der Waals surface area contributed by atoms with E-state index in [9.17, 15) is 9.50 Å². The second-order valence-corrected chi connectivity index (χ2v) is 3.67. The first-order chi connectivity index (χ1) is 7.20. The minimum absolute atomic E-state index is 0.316. The highest BCUT2D eigenvalue weighted by Crippen LogP contribution is 2.24. The molecule has 1 fully saturated rings. The smallest absolute Gasteiger partial charge is 0.147 e. The van der Waals surface area contributed by atoms with Crippen LogP contribution >= 0.6 is 0 Å². The van der Waals surface area contributed by atoms with Crippen molar-refractivity contribution < 1.29 is 9.50 Å². The van der Waals surface area contributed by atoms with Crippen molar-refractivity contribution in [3.8, 4) is 6.07 Å². The van der Waals surface area contributed by atoms with Crippen molar-refractivity contribution in [3.05, 3.63) is 29.6 Å². The molecule has 1 aromatic carbocycles. The van der Waals surface area contributed by atoms with Crippen LogP contribution in [0.2, 0.25) is 0 Å². The molecule has 1 unspecified atom stereocenters. The van der Waals surface area contributed by atoms with Gasteiger partial charge in [-0.15, -0.1) is 0 Å². The van der Waals surface area contributed by atoms with Gasteiger partial charge in [-0.3, -0.25) is 0 Å². The molecule has 0 aliphatic carbocycles. The average Bonchev–Trinajstić information content (AvgIpc) is 2.64. The molecule has 1 atom stereocenters. The van der Waals surface area contributed by atoms with Gasteiger partial charge in [0.15, 0.2) is 0 Å². The van der Waals surface area contributed by atoms with Crippen molar-refractivity contribution in [2.24, 2.45) is 0 Å². The lowest BCUT2D eigenvalue weighted by atomic mass is 10.2. The van der Waals surface area contributed by atoms with Crippen LogP contribution in [0.4, 0.5) is 10.1 Å². The van der Waals surface area contributed by atoms with Crippen molar-refractivity contribution in [1.29, 1.82) is 5.26 Å². The Morgan fingerprint density at radius 2 is 2.33 bits per heavy atom. The second kappa shape index (κ2) is 3.87. The van der Waals surface area contributed by atoms with Crippen molar-refractivity contribution in [1.82, 2.24) is 0 Å². The fourth-order valence-electron chi connectivity index (χ4n) is 1.79. The molecule has 1 heterocycles. The van der Waals surface area contributed by atoms with Crippen LogP contribution in [0.25, 0.3) is 0 Å². The van der Waals surface area contributed by atoms with Gasteiger partial charge in [0.1, 0.15) is 5.82 Å². The quantitative estimate of drug-likeness (QED) is 0.752. The zero-order chi connectivity index (χ0) is 10.8. The molecule has 4 heteroatoms. The van der Waals surface area contributed by atoms with E-state index in [1.165, 1.54) is 6.07 Å². The van der Waals surface area contributed by atoms with Crippen LogP contribution in [0.15, 0.2) is 18.2 Å². The van der Waals surface area contributed by atoms with Gasteiger partial charge in [-0.05, 0) is 24.6 Å². The number of nitrogens with zero attached hydrogens (tertiary/aromatic N) is 2. The molecule has 78 valence electrons. The maximum Gasteiger partial charge on any atom is 0.147 e. The van der Waals surface area contributed by atoms with E-state index in [-0.39, 0.29) is 6.10 Å². The summed E-state index contributed by atoms with van der Waals surface area (Å²) in [5.74, 6) is -0.400. The summed E-state index contributed by atoms with van der Waals surface area (Å²) in [5, 5.41) is 17.9. The van der Waals surface area contributed by atoms with Crippen LogP contribution in [-0.2, 0) is 0 Å². The number of nitriles is 1. The van der Waals surface area contributed by atoms with Gasteiger partial charge in [0.25, 0.3) is 0 Å². The number of aliphatic hydroxyl groups excluding tert-OH is 1. The summed E-state index contributed by atoms with van der Waals surface area (Å²) in [6.45, 7) is 1.12. The Morgan fingerprint density at radius 3 is 2.87 bits per heavy atom. The van der Waals surface area contributed by atoms with E-state index in [0.29, 0.717) is 30.8 Å². The molecule has 0 saturated carbocycles. The number of rotatable bonds is 1. The summed E-state index contributed by atoms with van der Waals surface area (Å²) in [4.78, 5) is 1.79. The highest BCUT2D eigenvalue weighted by Gasteiger charge is 2.22. The number of benzene rings is 1. The van der Waals surface area contributed by atoms with Gasteiger partial charge in [-0.25, -0.2) is 4.39 Å². The molecule has 1 aromatic rings. The van der Waals surface area contributed by atoms with Crippen LogP contribution in [-0.4, -0.2) is 24.3 Å². The van der Waals surface area contributed by atoms with Gasteiger partial charge in [0.05, 0.1) is 23.4 Å². The first-order valence-corrected chi connectivity index (χ1v) is 4.83. The number of anilines is 1. The minimum Gasteiger partial charge on any atom is -0.391 e. The van der Waals surface area contributed by atoms with Crippen molar-refractivity contribution in [3.63, 3.8) is 0 Å². The maximum atomic E-state index is 13.5. The summed E-state index contributed by atoms with van der Waals surface area (Å²) < 4.78 is 13.5. The highest BCUT2D eigenvalue weighted by molar-refractivity contribution is 5.52. The molecule has 3 nitrogen and oxygen atoms in total. The summed E-state index contributed by atoms with van der Waals surface area (Å²) >= 11 is 0. The summed E-state index contributed by atoms with van der Waals surface area (Å²) in [6, 6.07) is 6.28. The molecule has 1 N–H and O–H groups in total. The van der Waals surface area contributed by atoms with Crippen LogP contribution < -0.4 is 4.90 Å². The molecule has 0 radical (unpaired) electrons. The molecule has 1 saturated heterocycles. The third-order valence-electron chi connectivity index (χ3n) is 2.58. The number of β-amino-alcohol motifs (C(OH)–C–C–N with tert-alkyl or cyclic N) is 1. The Bertz CT molecular complexity index is 414. The van der Waals surface area contributed by atoms with E-state index in [2.05, 4.69) is 0 Å². The first-order valence-electron chi connectivity index (χ1n) is 4.83. The van der Waals surface area contributed by atoms with Crippen molar-refractivity contribution in [2.45, 2.75) is 12.5 Å². The van der Waals surface area contributed by atoms with Gasteiger partial charge >= 0.3 is 0 Å². The maximum absolute atomic E-state index is 13.5. The van der Waals surface area contributed by atoms with Gasteiger partial charge < -0.3 is 10.0 Å². The lowest BCUT2D eigenvalue weighted by molar-refractivity contribution is 0.198. The van der Waals surface area contributed by atoms with E-state index < -0.39 is 5.82 Å². The summed E-state index contributed by atoms with van der Waals surface area (Å²) in [5.41, 5.74) is 0.779. The largest absolute Gasteiger partial charge is 0.391 e. The highest BCUT2D eigenvalue weighted by atomic mass is 19.1. The molecule has 0 aromatic heterocycles. The Labute approximate surface area is 87.4 Å². The molecule has 0 bridgehead atoms. The van der Waals surface area contributed by atoms with Crippen LogP contribution in [0.1, 0.15) is 12.0 Å². The van der Waals surface area contributed by atoms with E-state index in [1.807, 2.05) is 6.07 Å². The average molecular weight is 206 g/mol. The zero-order valence-corrected chi connectivity index (χ0v) is 8.15. The van der Waals surface area contributed by atoms with E-state index in [1.54, 1.807) is 17.0 Å². The zero-order valence-electron chi connectivity index (χ0n) is 8.15. The third kappa shape index (κ3) is 1.92. The lowest BCUT2D eigenvalue weighted by Gasteiger charge is -2.18. The van der Waals surface area contributed by atoms with E-state index in [0.717, 1.165) is 0 Å². The van der Waals surface area contributed by atoms with E-state index in [4.69, 9.17) is 5.26 Å². The molecule has 0 spiro atoms. The molecule has 2 rings (SSSR count). The third-order valence-corrected chi connectivity index (χ3v) is 2.58. The number of hydrogen-bond donors (Lipinski definition) is 1.